The number of amidine groups is 1. The van der Waals surface area contributed by atoms with Crippen molar-refractivity contribution >= 4 is 11.5 Å². The number of anilines is 1. The van der Waals surface area contributed by atoms with E-state index in [4.69, 9.17) is 10.9 Å². The average molecular weight is 262 g/mol. The van der Waals surface area contributed by atoms with Gasteiger partial charge in [0.1, 0.15) is 0 Å². The lowest BCUT2D eigenvalue weighted by molar-refractivity contribution is 0.318. The van der Waals surface area contributed by atoms with Crippen molar-refractivity contribution in [3.05, 3.63) is 23.0 Å². The smallest absolute Gasteiger partial charge is 0.174 e. The summed E-state index contributed by atoms with van der Waals surface area (Å²) in [6, 6.07) is 2.03. The summed E-state index contributed by atoms with van der Waals surface area (Å²) in [4.78, 5) is 6.76. The monoisotopic (exact) mass is 262 g/mol. The summed E-state index contributed by atoms with van der Waals surface area (Å²) in [6.07, 6.45) is 4.93. The molecule has 1 saturated heterocycles. The zero-order chi connectivity index (χ0) is 13.8. The number of pyridine rings is 1. The second kappa shape index (κ2) is 5.91. The van der Waals surface area contributed by atoms with E-state index in [1.54, 1.807) is 0 Å². The van der Waals surface area contributed by atoms with Crippen LogP contribution in [0.25, 0.3) is 0 Å². The van der Waals surface area contributed by atoms with E-state index in [9.17, 15) is 0 Å². The molecule has 2 rings (SSSR count). The van der Waals surface area contributed by atoms with Gasteiger partial charge >= 0.3 is 0 Å². The number of aryl methyl sites for hydroxylation is 2. The number of hydrogen-bond acceptors (Lipinski definition) is 4. The summed E-state index contributed by atoms with van der Waals surface area (Å²) in [5.74, 6) is 0.143. The molecule has 0 spiro atoms. The molecule has 104 valence electrons. The fourth-order valence-corrected chi connectivity index (χ4v) is 2.74. The minimum Gasteiger partial charge on any atom is -0.409 e. The van der Waals surface area contributed by atoms with E-state index in [1.165, 1.54) is 25.7 Å². The average Bonchev–Trinajstić information content (AvgIpc) is 2.65. The molecule has 0 atom stereocenters. The molecule has 5 heteroatoms. The summed E-state index contributed by atoms with van der Waals surface area (Å²) >= 11 is 0. The second-order valence-electron chi connectivity index (χ2n) is 5.13. The van der Waals surface area contributed by atoms with Gasteiger partial charge in [0, 0.05) is 18.8 Å². The first-order valence-electron chi connectivity index (χ1n) is 6.84. The highest BCUT2D eigenvalue weighted by atomic mass is 16.4. The maximum absolute atomic E-state index is 8.98. The van der Waals surface area contributed by atoms with Gasteiger partial charge in [-0.05, 0) is 32.8 Å². The minimum atomic E-state index is 0.143. The van der Waals surface area contributed by atoms with Crippen molar-refractivity contribution in [3.63, 3.8) is 0 Å². The lowest BCUT2D eigenvalue weighted by Gasteiger charge is -2.26. The Labute approximate surface area is 114 Å². The maximum atomic E-state index is 8.98. The lowest BCUT2D eigenvalue weighted by Crippen LogP contribution is -2.28. The van der Waals surface area contributed by atoms with Gasteiger partial charge in [-0.15, -0.1) is 0 Å². The number of oxime groups is 1. The lowest BCUT2D eigenvalue weighted by atomic mass is 10.1. The van der Waals surface area contributed by atoms with Gasteiger partial charge in [0.05, 0.1) is 16.9 Å². The topological polar surface area (TPSA) is 74.7 Å². The summed E-state index contributed by atoms with van der Waals surface area (Å²) in [6.45, 7) is 5.93. The first-order valence-corrected chi connectivity index (χ1v) is 6.84. The maximum Gasteiger partial charge on any atom is 0.174 e. The van der Waals surface area contributed by atoms with Crippen LogP contribution in [-0.4, -0.2) is 29.1 Å². The standard InChI is InChI=1S/C14H22N4O/c1-10-9-12(18-7-5-3-4-6-8-18)13(11(2)16-10)14(15)17-19/h9,19H,3-8H2,1-2H3,(H2,15,17). The molecule has 0 aromatic carbocycles. The fraction of sp³-hybridized carbons (Fsp3) is 0.571. The van der Waals surface area contributed by atoms with Crippen molar-refractivity contribution < 1.29 is 5.21 Å². The first-order chi connectivity index (χ1) is 9.13. The Morgan fingerprint density at radius 1 is 1.26 bits per heavy atom. The minimum absolute atomic E-state index is 0.143. The SMILES string of the molecule is Cc1cc(N2CCCCCC2)c(/C(N)=N/O)c(C)n1. The largest absolute Gasteiger partial charge is 0.409 e. The van der Waals surface area contributed by atoms with E-state index in [1.807, 2.05) is 19.9 Å². The van der Waals surface area contributed by atoms with Gasteiger partial charge in [0.2, 0.25) is 0 Å². The van der Waals surface area contributed by atoms with Crippen molar-refractivity contribution in [2.24, 2.45) is 10.9 Å². The van der Waals surface area contributed by atoms with E-state index >= 15 is 0 Å². The molecule has 0 unspecified atom stereocenters. The van der Waals surface area contributed by atoms with Crippen molar-refractivity contribution in [1.82, 2.24) is 4.98 Å². The Kier molecular flexibility index (Phi) is 4.24. The van der Waals surface area contributed by atoms with Crippen LogP contribution in [-0.2, 0) is 0 Å². The molecule has 0 radical (unpaired) electrons. The molecule has 1 aliphatic heterocycles. The van der Waals surface area contributed by atoms with Gasteiger partial charge < -0.3 is 15.8 Å². The van der Waals surface area contributed by atoms with Crippen molar-refractivity contribution in [2.45, 2.75) is 39.5 Å². The Morgan fingerprint density at radius 2 is 1.89 bits per heavy atom. The van der Waals surface area contributed by atoms with E-state index in [-0.39, 0.29) is 5.84 Å². The van der Waals surface area contributed by atoms with E-state index in [0.29, 0.717) is 0 Å². The highest BCUT2D eigenvalue weighted by Gasteiger charge is 2.19. The quantitative estimate of drug-likeness (QED) is 0.371. The molecule has 1 aliphatic rings. The van der Waals surface area contributed by atoms with Crippen LogP contribution in [0.2, 0.25) is 0 Å². The third kappa shape index (κ3) is 2.97. The van der Waals surface area contributed by atoms with Crippen molar-refractivity contribution in [2.75, 3.05) is 18.0 Å². The third-order valence-corrected chi connectivity index (χ3v) is 3.62. The number of hydrogen-bond donors (Lipinski definition) is 2. The molecule has 0 aliphatic carbocycles. The van der Waals surface area contributed by atoms with E-state index in [0.717, 1.165) is 35.7 Å². The van der Waals surface area contributed by atoms with Gasteiger partial charge in [-0.2, -0.15) is 0 Å². The van der Waals surface area contributed by atoms with Crippen LogP contribution in [0.1, 0.15) is 42.6 Å². The van der Waals surface area contributed by atoms with Gasteiger partial charge in [0.25, 0.3) is 0 Å². The molecule has 2 heterocycles. The van der Waals surface area contributed by atoms with Gasteiger partial charge in [-0.3, -0.25) is 4.98 Å². The van der Waals surface area contributed by atoms with Crippen LogP contribution >= 0.6 is 0 Å². The zero-order valence-electron chi connectivity index (χ0n) is 11.7. The summed E-state index contributed by atoms with van der Waals surface area (Å²) < 4.78 is 0. The van der Waals surface area contributed by atoms with Gasteiger partial charge in [0.15, 0.2) is 5.84 Å². The molecule has 1 aromatic heterocycles. The molecular formula is C14H22N4O. The molecule has 3 N–H and O–H groups in total. The molecule has 19 heavy (non-hydrogen) atoms. The summed E-state index contributed by atoms with van der Waals surface area (Å²) in [5, 5.41) is 12.1. The summed E-state index contributed by atoms with van der Waals surface area (Å²) in [5.41, 5.74) is 9.41. The molecule has 0 amide bonds. The Balaban J connectivity index is 2.47. The van der Waals surface area contributed by atoms with E-state index in [2.05, 4.69) is 15.0 Å². The molecule has 1 aromatic rings. The van der Waals surface area contributed by atoms with Crippen LogP contribution in [0.15, 0.2) is 11.2 Å². The predicted octanol–water partition coefficient (Wildman–Crippen LogP) is 2.17. The number of rotatable bonds is 2. The van der Waals surface area contributed by atoms with Gasteiger partial charge in [-0.1, -0.05) is 18.0 Å². The van der Waals surface area contributed by atoms with Crippen molar-refractivity contribution in [1.29, 1.82) is 0 Å². The highest BCUT2D eigenvalue weighted by molar-refractivity contribution is 6.03. The van der Waals surface area contributed by atoms with Crippen LogP contribution in [0.5, 0.6) is 0 Å². The van der Waals surface area contributed by atoms with E-state index < -0.39 is 0 Å². The molecule has 0 saturated carbocycles. The Hall–Kier alpha value is -1.78. The molecule has 1 fully saturated rings. The number of nitrogens with zero attached hydrogens (tertiary/aromatic N) is 3. The predicted molar refractivity (Wildman–Crippen MR) is 76.9 cm³/mol. The molecule has 0 bridgehead atoms. The van der Waals surface area contributed by atoms with Crippen LogP contribution in [0.3, 0.4) is 0 Å². The summed E-state index contributed by atoms with van der Waals surface area (Å²) in [7, 11) is 0. The third-order valence-electron chi connectivity index (χ3n) is 3.62. The first kappa shape index (κ1) is 13.6. The zero-order valence-corrected chi connectivity index (χ0v) is 11.7. The highest BCUT2D eigenvalue weighted by Crippen LogP contribution is 2.26. The number of aromatic nitrogens is 1. The van der Waals surface area contributed by atoms with Gasteiger partial charge in [-0.25, -0.2) is 0 Å². The fourth-order valence-electron chi connectivity index (χ4n) is 2.74. The Bertz CT molecular complexity index is 477. The van der Waals surface area contributed by atoms with Crippen LogP contribution < -0.4 is 10.6 Å². The van der Waals surface area contributed by atoms with Crippen LogP contribution in [0.4, 0.5) is 5.69 Å². The van der Waals surface area contributed by atoms with Crippen LogP contribution in [0, 0.1) is 13.8 Å². The number of nitrogens with two attached hydrogens (primary N) is 1. The molecular weight excluding hydrogens is 240 g/mol. The second-order valence-corrected chi connectivity index (χ2v) is 5.13. The Morgan fingerprint density at radius 3 is 2.47 bits per heavy atom. The van der Waals surface area contributed by atoms with Crippen molar-refractivity contribution in [3.8, 4) is 0 Å². The normalized spacial score (nSPS) is 17.4. The molecule has 5 nitrogen and oxygen atoms in total.